The molecule has 0 amide bonds. The van der Waals surface area contributed by atoms with E-state index in [1.807, 2.05) is 32.0 Å². The monoisotopic (exact) mass is 277 g/mol. The molecule has 0 bridgehead atoms. The van der Waals surface area contributed by atoms with Crippen LogP contribution in [-0.2, 0) is 12.0 Å². The van der Waals surface area contributed by atoms with Crippen LogP contribution >= 0.6 is 11.6 Å². The summed E-state index contributed by atoms with van der Waals surface area (Å²) in [5.41, 5.74) is 8.93. The minimum Gasteiger partial charge on any atom is -0.321 e. The summed E-state index contributed by atoms with van der Waals surface area (Å²) in [6, 6.07) is 12.5. The molecule has 0 saturated carbocycles. The Morgan fingerprint density at radius 2 is 1.95 bits per heavy atom. The van der Waals surface area contributed by atoms with Crippen LogP contribution < -0.4 is 5.73 Å². The molecule has 2 aromatic carbocycles. The largest absolute Gasteiger partial charge is 0.321 e. The maximum absolute atomic E-state index is 13.0. The summed E-state index contributed by atoms with van der Waals surface area (Å²) in [4.78, 5) is 0. The standard InChI is InChI=1S/C16H17ClFN/c1-11-4-3-5-13(8-11)16(2,19)10-12-6-7-14(18)9-15(12)17/h3-9H,10,19H2,1-2H3. The van der Waals surface area contributed by atoms with Gasteiger partial charge in [-0.2, -0.15) is 0 Å². The molecule has 0 spiro atoms. The molecule has 1 nitrogen and oxygen atoms in total. The fourth-order valence-corrected chi connectivity index (χ4v) is 2.40. The van der Waals surface area contributed by atoms with Crippen LogP contribution in [0.3, 0.4) is 0 Å². The van der Waals surface area contributed by atoms with Gasteiger partial charge in [0.05, 0.1) is 0 Å². The van der Waals surface area contributed by atoms with E-state index in [0.717, 1.165) is 11.1 Å². The average molecular weight is 278 g/mol. The van der Waals surface area contributed by atoms with Gasteiger partial charge in [-0.3, -0.25) is 0 Å². The van der Waals surface area contributed by atoms with E-state index in [9.17, 15) is 4.39 Å². The topological polar surface area (TPSA) is 26.0 Å². The number of hydrogen-bond donors (Lipinski definition) is 1. The van der Waals surface area contributed by atoms with Crippen LogP contribution in [0.1, 0.15) is 23.6 Å². The first-order valence-corrected chi connectivity index (χ1v) is 6.56. The molecule has 2 rings (SSSR count). The van der Waals surface area contributed by atoms with E-state index in [0.29, 0.717) is 11.4 Å². The van der Waals surface area contributed by atoms with Crippen LogP contribution in [-0.4, -0.2) is 0 Å². The maximum Gasteiger partial charge on any atom is 0.124 e. The van der Waals surface area contributed by atoms with Gasteiger partial charge >= 0.3 is 0 Å². The van der Waals surface area contributed by atoms with Gasteiger partial charge in [0.1, 0.15) is 5.82 Å². The summed E-state index contributed by atoms with van der Waals surface area (Å²) in [6.45, 7) is 3.99. The van der Waals surface area contributed by atoms with E-state index in [1.165, 1.54) is 17.7 Å². The molecule has 2 aromatic rings. The highest BCUT2D eigenvalue weighted by Gasteiger charge is 2.23. The van der Waals surface area contributed by atoms with Crippen LogP contribution in [0.4, 0.5) is 4.39 Å². The van der Waals surface area contributed by atoms with Crippen LogP contribution in [0, 0.1) is 12.7 Å². The third kappa shape index (κ3) is 3.34. The fourth-order valence-electron chi connectivity index (χ4n) is 2.16. The van der Waals surface area contributed by atoms with Crippen molar-refractivity contribution in [2.24, 2.45) is 5.73 Å². The van der Waals surface area contributed by atoms with Crippen LogP contribution in [0.2, 0.25) is 5.02 Å². The molecule has 1 atom stereocenters. The lowest BCUT2D eigenvalue weighted by atomic mass is 9.86. The molecule has 2 N–H and O–H groups in total. The highest BCUT2D eigenvalue weighted by Crippen LogP contribution is 2.27. The number of hydrogen-bond acceptors (Lipinski definition) is 1. The Labute approximate surface area is 118 Å². The maximum atomic E-state index is 13.0. The van der Waals surface area contributed by atoms with E-state index < -0.39 is 5.54 Å². The second-order valence-corrected chi connectivity index (χ2v) is 5.61. The van der Waals surface area contributed by atoms with Crippen molar-refractivity contribution in [2.75, 3.05) is 0 Å². The van der Waals surface area contributed by atoms with Crippen molar-refractivity contribution in [3.05, 3.63) is 70.0 Å². The van der Waals surface area contributed by atoms with Gasteiger partial charge in [-0.05, 0) is 43.5 Å². The van der Waals surface area contributed by atoms with Crippen molar-refractivity contribution in [1.82, 2.24) is 0 Å². The highest BCUT2D eigenvalue weighted by atomic mass is 35.5. The first kappa shape index (κ1) is 14.0. The molecule has 0 saturated heterocycles. The van der Waals surface area contributed by atoms with E-state index in [2.05, 4.69) is 6.07 Å². The minimum absolute atomic E-state index is 0.331. The summed E-state index contributed by atoms with van der Waals surface area (Å²) in [7, 11) is 0. The zero-order valence-electron chi connectivity index (χ0n) is 11.1. The molecule has 100 valence electrons. The molecular formula is C16H17ClFN. The van der Waals surface area contributed by atoms with Gasteiger partial charge < -0.3 is 5.73 Å². The van der Waals surface area contributed by atoms with Gasteiger partial charge in [0.25, 0.3) is 0 Å². The van der Waals surface area contributed by atoms with E-state index >= 15 is 0 Å². The molecule has 0 aromatic heterocycles. The molecular weight excluding hydrogens is 261 g/mol. The van der Waals surface area contributed by atoms with Crippen molar-refractivity contribution in [3.8, 4) is 0 Å². The lowest BCUT2D eigenvalue weighted by Crippen LogP contribution is -2.35. The molecule has 1 unspecified atom stereocenters. The molecule has 3 heteroatoms. The van der Waals surface area contributed by atoms with Gasteiger partial charge in [-0.25, -0.2) is 4.39 Å². The summed E-state index contributed by atoms with van der Waals surface area (Å²) in [6.07, 6.45) is 0.565. The van der Waals surface area contributed by atoms with E-state index in [1.54, 1.807) is 6.07 Å². The molecule has 19 heavy (non-hydrogen) atoms. The molecule has 0 aliphatic rings. The SMILES string of the molecule is Cc1cccc(C(C)(N)Cc2ccc(F)cc2Cl)c1. The van der Waals surface area contributed by atoms with Crippen LogP contribution in [0.5, 0.6) is 0 Å². The van der Waals surface area contributed by atoms with Gasteiger partial charge in [0.2, 0.25) is 0 Å². The number of nitrogens with two attached hydrogens (primary N) is 1. The van der Waals surface area contributed by atoms with Crippen molar-refractivity contribution < 1.29 is 4.39 Å². The first-order valence-electron chi connectivity index (χ1n) is 6.18. The van der Waals surface area contributed by atoms with Crippen LogP contribution in [0.25, 0.3) is 0 Å². The average Bonchev–Trinajstić information content (AvgIpc) is 2.33. The third-order valence-corrected chi connectivity index (χ3v) is 3.60. The smallest absolute Gasteiger partial charge is 0.124 e. The quantitative estimate of drug-likeness (QED) is 0.894. The Hall–Kier alpha value is -1.38. The molecule has 0 radical (unpaired) electrons. The Kier molecular flexibility index (Phi) is 3.93. The Balaban J connectivity index is 2.30. The molecule has 0 heterocycles. The van der Waals surface area contributed by atoms with Crippen molar-refractivity contribution in [1.29, 1.82) is 0 Å². The Morgan fingerprint density at radius 1 is 1.21 bits per heavy atom. The highest BCUT2D eigenvalue weighted by molar-refractivity contribution is 6.31. The van der Waals surface area contributed by atoms with Crippen LogP contribution in [0.15, 0.2) is 42.5 Å². The number of rotatable bonds is 3. The lowest BCUT2D eigenvalue weighted by Gasteiger charge is -2.26. The molecule has 0 aliphatic carbocycles. The number of aryl methyl sites for hydroxylation is 1. The second-order valence-electron chi connectivity index (χ2n) is 5.20. The van der Waals surface area contributed by atoms with Gasteiger partial charge in [-0.1, -0.05) is 47.5 Å². The lowest BCUT2D eigenvalue weighted by molar-refractivity contribution is 0.490. The molecule has 0 fully saturated rings. The predicted molar refractivity (Wildman–Crippen MR) is 77.8 cm³/mol. The van der Waals surface area contributed by atoms with Gasteiger partial charge in [0, 0.05) is 10.6 Å². The van der Waals surface area contributed by atoms with Gasteiger partial charge in [0.15, 0.2) is 0 Å². The summed E-state index contributed by atoms with van der Waals surface area (Å²) in [5.74, 6) is -0.331. The van der Waals surface area contributed by atoms with Crippen molar-refractivity contribution in [2.45, 2.75) is 25.8 Å². The normalized spacial score (nSPS) is 14.2. The second kappa shape index (κ2) is 5.32. The fraction of sp³-hybridized carbons (Fsp3) is 0.250. The minimum atomic E-state index is -0.534. The summed E-state index contributed by atoms with van der Waals surface area (Å²) >= 11 is 6.06. The Bertz CT molecular complexity index is 593. The van der Waals surface area contributed by atoms with E-state index in [-0.39, 0.29) is 5.82 Å². The van der Waals surface area contributed by atoms with Gasteiger partial charge in [-0.15, -0.1) is 0 Å². The zero-order chi connectivity index (χ0) is 14.0. The molecule has 0 aliphatic heterocycles. The predicted octanol–water partition coefficient (Wildman–Crippen LogP) is 4.20. The summed E-state index contributed by atoms with van der Waals surface area (Å²) < 4.78 is 13.0. The third-order valence-electron chi connectivity index (χ3n) is 3.25. The van der Waals surface area contributed by atoms with Crippen molar-refractivity contribution in [3.63, 3.8) is 0 Å². The van der Waals surface area contributed by atoms with E-state index in [4.69, 9.17) is 17.3 Å². The summed E-state index contributed by atoms with van der Waals surface area (Å²) in [5, 5.41) is 0.421. The first-order chi connectivity index (χ1) is 8.88. The number of halogens is 2. The van der Waals surface area contributed by atoms with Crippen molar-refractivity contribution >= 4 is 11.6 Å². The number of benzene rings is 2. The Morgan fingerprint density at radius 3 is 2.58 bits per heavy atom. The zero-order valence-corrected chi connectivity index (χ0v) is 11.8.